The van der Waals surface area contributed by atoms with Gasteiger partial charge in [0.15, 0.2) is 16.6 Å². The van der Waals surface area contributed by atoms with Gasteiger partial charge in [-0.1, -0.05) is 106 Å². The van der Waals surface area contributed by atoms with Gasteiger partial charge < -0.3 is 27.5 Å². The lowest BCUT2D eigenvalue weighted by molar-refractivity contribution is -0.154. The first-order valence-corrected chi connectivity index (χ1v) is 26.8. The molecule has 3 aromatic rings. The Morgan fingerprint density at radius 3 is 2.09 bits per heavy atom. The number of carbonyl (C=O) groups excluding carboxylic acids is 2. The molecule has 1 saturated heterocycles. The number of esters is 1. The maximum atomic E-state index is 15.0. The molecule has 0 spiro atoms. The van der Waals surface area contributed by atoms with Crippen molar-refractivity contribution in [2.45, 2.75) is 181 Å². The minimum Gasteiger partial charge on any atom is -0.488 e. The molecule has 0 amide bonds. The van der Waals surface area contributed by atoms with Gasteiger partial charge >= 0.3 is 5.97 Å². The van der Waals surface area contributed by atoms with E-state index in [4.69, 9.17) is 27.5 Å². The molecule has 1 fully saturated rings. The van der Waals surface area contributed by atoms with Crippen LogP contribution in [0.5, 0.6) is 5.75 Å². The van der Waals surface area contributed by atoms with Crippen molar-refractivity contribution < 1.29 is 37.1 Å². The van der Waals surface area contributed by atoms with Gasteiger partial charge in [0.2, 0.25) is 5.60 Å². The smallest absolute Gasteiger partial charge is 0.343 e. The zero-order chi connectivity index (χ0) is 41.9. The highest BCUT2D eigenvalue weighted by atomic mass is 28.4. The van der Waals surface area contributed by atoms with Gasteiger partial charge in [0.05, 0.1) is 31.1 Å². The molecule has 0 aliphatic carbocycles. The van der Waals surface area contributed by atoms with Crippen molar-refractivity contribution in [1.82, 2.24) is 0 Å². The van der Waals surface area contributed by atoms with Crippen LogP contribution in [0.4, 0.5) is 0 Å². The summed E-state index contributed by atoms with van der Waals surface area (Å²) in [6, 6.07) is 12.4. The van der Waals surface area contributed by atoms with Crippen molar-refractivity contribution in [3.8, 4) is 5.75 Å². The summed E-state index contributed by atoms with van der Waals surface area (Å²) in [6.07, 6.45) is 3.44. The van der Waals surface area contributed by atoms with Crippen LogP contribution in [0.25, 0.3) is 11.0 Å². The minimum atomic E-state index is -2.47. The highest BCUT2D eigenvalue weighted by Crippen LogP contribution is 2.50. The Labute approximate surface area is 340 Å². The van der Waals surface area contributed by atoms with E-state index in [1.807, 2.05) is 25.1 Å². The Balaban J connectivity index is 1.87. The van der Waals surface area contributed by atoms with E-state index < -0.39 is 40.2 Å². The zero-order valence-electron chi connectivity index (χ0n) is 37.3. The molecule has 0 bridgehead atoms. The molecule has 2 heterocycles. The van der Waals surface area contributed by atoms with Crippen LogP contribution in [0.15, 0.2) is 47.1 Å². The van der Waals surface area contributed by atoms with Crippen molar-refractivity contribution in [3.63, 3.8) is 0 Å². The molecule has 0 saturated carbocycles. The summed E-state index contributed by atoms with van der Waals surface area (Å²) in [7, 11) is -4.65. The van der Waals surface area contributed by atoms with Gasteiger partial charge in [-0.25, -0.2) is 4.79 Å². The summed E-state index contributed by atoms with van der Waals surface area (Å²) in [5.74, 6) is 0.213. The van der Waals surface area contributed by atoms with Gasteiger partial charge in [-0.2, -0.15) is 0 Å². The fraction of sp³-hybridized carbons (Fsp3) is 0.652. The van der Waals surface area contributed by atoms with E-state index in [0.717, 1.165) is 46.2 Å². The van der Waals surface area contributed by atoms with Crippen molar-refractivity contribution >= 4 is 39.4 Å². The average molecular weight is 809 g/mol. The fourth-order valence-electron chi connectivity index (χ4n) is 7.01. The molecule has 4 atom stereocenters. The average Bonchev–Trinajstić information content (AvgIpc) is 3.72. The number of benzene rings is 2. The van der Waals surface area contributed by atoms with Crippen molar-refractivity contribution in [2.24, 2.45) is 5.92 Å². The predicted molar refractivity (Wildman–Crippen MR) is 231 cm³/mol. The summed E-state index contributed by atoms with van der Waals surface area (Å²) in [4.78, 5) is 28.7. The second-order valence-electron chi connectivity index (χ2n) is 19.2. The number of rotatable bonds is 20. The summed E-state index contributed by atoms with van der Waals surface area (Å²) in [5.41, 5.74) is 3.25. The number of hydrogen-bond acceptors (Lipinski definition) is 8. The van der Waals surface area contributed by atoms with E-state index >= 15 is 0 Å². The monoisotopic (exact) mass is 808 g/mol. The first-order valence-electron chi connectivity index (χ1n) is 21.0. The Bertz CT molecular complexity index is 1780. The van der Waals surface area contributed by atoms with Crippen molar-refractivity contribution in [2.75, 3.05) is 6.61 Å². The first-order chi connectivity index (χ1) is 26.0. The number of carbonyl (C=O) groups is 2. The maximum absolute atomic E-state index is 15.0. The molecular weight excluding hydrogens is 737 g/mol. The van der Waals surface area contributed by atoms with Crippen LogP contribution in [-0.2, 0) is 47.5 Å². The van der Waals surface area contributed by atoms with Crippen molar-refractivity contribution in [1.29, 1.82) is 0 Å². The third-order valence-electron chi connectivity index (χ3n) is 12.4. The number of ether oxygens (including phenoxy) is 3. The fourth-order valence-corrected chi connectivity index (χ4v) is 9.28. The molecule has 4 rings (SSSR count). The predicted octanol–water partition coefficient (Wildman–Crippen LogP) is 12.1. The lowest BCUT2D eigenvalue weighted by atomic mass is 9.84. The summed E-state index contributed by atoms with van der Waals surface area (Å²) in [5, 5.41) is 0.760. The minimum absolute atomic E-state index is 0.00109. The number of hydrogen-bond donors (Lipinski definition) is 0. The molecule has 1 aromatic heterocycles. The highest BCUT2D eigenvalue weighted by molar-refractivity contribution is 6.74. The molecule has 2 aromatic carbocycles. The van der Waals surface area contributed by atoms with E-state index in [9.17, 15) is 9.59 Å². The van der Waals surface area contributed by atoms with E-state index in [1.54, 1.807) is 13.2 Å². The molecule has 1 aliphatic heterocycles. The van der Waals surface area contributed by atoms with Crippen LogP contribution in [0.2, 0.25) is 36.3 Å². The topological polar surface area (TPSA) is 96.7 Å². The van der Waals surface area contributed by atoms with Gasteiger partial charge in [-0.15, -0.1) is 0 Å². The van der Waals surface area contributed by atoms with Gasteiger partial charge in [-0.3, -0.25) is 4.79 Å². The van der Waals surface area contributed by atoms with E-state index in [2.05, 4.69) is 107 Å². The maximum Gasteiger partial charge on any atom is 0.343 e. The Morgan fingerprint density at radius 1 is 0.911 bits per heavy atom. The molecular formula is C46H72O8Si2. The lowest BCUT2D eigenvalue weighted by Crippen LogP contribution is -2.52. The summed E-state index contributed by atoms with van der Waals surface area (Å²) < 4.78 is 39.1. The summed E-state index contributed by atoms with van der Waals surface area (Å²) >= 11 is 0. The van der Waals surface area contributed by atoms with E-state index in [0.29, 0.717) is 37.6 Å². The number of fused-ring (bicyclic) bond motifs is 1. The summed E-state index contributed by atoms with van der Waals surface area (Å²) in [6.45, 7) is 33.3. The van der Waals surface area contributed by atoms with Crippen LogP contribution >= 0.6 is 0 Å². The number of epoxide rings is 1. The van der Waals surface area contributed by atoms with Gasteiger partial charge in [0.1, 0.15) is 29.8 Å². The largest absolute Gasteiger partial charge is 0.488 e. The second kappa shape index (κ2) is 18.0. The Kier molecular flexibility index (Phi) is 14.8. The highest BCUT2D eigenvalue weighted by Gasteiger charge is 2.69. The quantitative estimate of drug-likeness (QED) is 0.0632. The van der Waals surface area contributed by atoms with Crippen molar-refractivity contribution in [3.05, 3.63) is 64.9 Å². The zero-order valence-corrected chi connectivity index (χ0v) is 39.3. The molecule has 1 unspecified atom stereocenters. The van der Waals surface area contributed by atoms with Crippen LogP contribution < -0.4 is 4.74 Å². The molecule has 0 N–H and O–H groups in total. The Hall–Kier alpha value is -2.77. The molecule has 10 heteroatoms. The second-order valence-corrected chi connectivity index (χ2v) is 28.8. The number of ketones is 1. The van der Waals surface area contributed by atoms with E-state index in [1.165, 1.54) is 0 Å². The normalized spacial score (nSPS) is 19.0. The SMILES string of the molecule is CCCC(C(=O)C[C@H](O[Si](C)(C)C(C)(C)C)[C@]1(C(=O)OCC)O[C@@H]1CC)c1coc2c(CO[Si](C)(C)C(C)(C)C)c(OCc3ccccc3)c(CC(C)C)cc12. The van der Waals surface area contributed by atoms with Gasteiger partial charge in [-0.05, 0) is 85.6 Å². The molecule has 312 valence electrons. The first kappa shape index (κ1) is 45.9. The number of furan rings is 1. The van der Waals surface area contributed by atoms with Crippen LogP contribution in [0.3, 0.4) is 0 Å². The lowest BCUT2D eigenvalue weighted by Gasteiger charge is -2.40. The van der Waals surface area contributed by atoms with Crippen LogP contribution in [0, 0.1) is 5.92 Å². The molecule has 8 nitrogen and oxygen atoms in total. The van der Waals surface area contributed by atoms with Crippen LogP contribution in [-0.4, -0.2) is 52.8 Å². The van der Waals surface area contributed by atoms with Gasteiger partial charge in [0.25, 0.3) is 0 Å². The van der Waals surface area contributed by atoms with Crippen LogP contribution in [0.1, 0.15) is 130 Å². The van der Waals surface area contributed by atoms with Gasteiger partial charge in [0, 0.05) is 23.3 Å². The molecule has 56 heavy (non-hydrogen) atoms. The standard InChI is InChI=1S/C46H72O8Si2/c1-16-22-34(38(47)27-40(54-56(14,15)45(9,10)11)46(39(17-2)53-46)43(48)49-18-3)36-29-51-42-35(36)26-33(25-31(4)5)41(50-28-32-23-20-19-21-24-32)37(42)30-52-55(12,13)44(6,7)8/h19-21,23-24,26,29,31,34,39-40H,16-18,22,25,27-28,30H2,1-15H3/t34?,39-,40+,46-/m1/s1. The Morgan fingerprint density at radius 2 is 1.55 bits per heavy atom. The van der Waals surface area contributed by atoms with E-state index in [-0.39, 0.29) is 35.0 Å². The molecule has 0 radical (unpaired) electrons. The molecule has 1 aliphatic rings. The third kappa shape index (κ3) is 10.1. The number of Topliss-reactive ketones (excluding diaryl/α,β-unsaturated/α-hetero) is 1. The third-order valence-corrected chi connectivity index (χ3v) is 21.4.